The molecule has 162 valence electrons. The summed E-state index contributed by atoms with van der Waals surface area (Å²) in [7, 11) is 0. The molecule has 1 amide bonds. The number of para-hydroxylation sites is 1. The second-order valence-electron chi connectivity index (χ2n) is 8.27. The zero-order valence-electron chi connectivity index (χ0n) is 17.3. The zero-order valence-corrected chi connectivity index (χ0v) is 17.3. The van der Waals surface area contributed by atoms with Crippen molar-refractivity contribution in [3.63, 3.8) is 0 Å². The Morgan fingerprint density at radius 2 is 1.78 bits per heavy atom. The van der Waals surface area contributed by atoms with Crippen molar-refractivity contribution in [1.29, 1.82) is 0 Å². The number of fused-ring (bicyclic) bond motifs is 4. The predicted octanol–water partition coefficient (Wildman–Crippen LogP) is 4.92. The molecule has 32 heavy (non-hydrogen) atoms. The van der Waals surface area contributed by atoms with Crippen LogP contribution < -0.4 is 5.32 Å². The number of carbonyl (C=O) groups is 2. The molecule has 5 nitrogen and oxygen atoms in total. The van der Waals surface area contributed by atoms with Crippen molar-refractivity contribution in [3.05, 3.63) is 95.7 Å². The fraction of sp³-hybridized carbons (Fsp3) is 0.231. The van der Waals surface area contributed by atoms with Gasteiger partial charge in [0.2, 0.25) is 0 Å². The van der Waals surface area contributed by atoms with Crippen LogP contribution in [-0.2, 0) is 16.0 Å². The Balaban J connectivity index is 1.26. The molecule has 2 aromatic carbocycles. The van der Waals surface area contributed by atoms with Crippen molar-refractivity contribution in [2.24, 2.45) is 5.92 Å². The van der Waals surface area contributed by atoms with Crippen molar-refractivity contribution in [3.8, 4) is 0 Å². The van der Waals surface area contributed by atoms with Gasteiger partial charge in [0.1, 0.15) is 12.6 Å². The lowest BCUT2D eigenvalue weighted by atomic mass is 9.84. The number of amides is 1. The van der Waals surface area contributed by atoms with Gasteiger partial charge in [-0.25, -0.2) is 4.79 Å². The van der Waals surface area contributed by atoms with E-state index in [1.165, 1.54) is 5.56 Å². The second-order valence-corrected chi connectivity index (χ2v) is 8.27. The molecule has 3 aromatic rings. The number of hydrogen-bond donors (Lipinski definition) is 2. The maximum Gasteiger partial charge on any atom is 0.407 e. The number of hydrogen-bond acceptors (Lipinski definition) is 3. The number of allylic oxidation sites excluding steroid dienone is 4. The minimum atomic E-state index is -1.60. The fourth-order valence-corrected chi connectivity index (χ4v) is 4.94. The summed E-state index contributed by atoms with van der Waals surface area (Å²) in [6.07, 6.45) is 9.33. The highest BCUT2D eigenvalue weighted by Gasteiger charge is 2.39. The van der Waals surface area contributed by atoms with E-state index in [-0.39, 0.29) is 30.8 Å². The van der Waals surface area contributed by atoms with Gasteiger partial charge in [0, 0.05) is 35.4 Å². The van der Waals surface area contributed by atoms with Crippen molar-refractivity contribution in [1.82, 2.24) is 10.3 Å². The molecule has 1 aromatic heterocycles. The lowest BCUT2D eigenvalue weighted by Crippen LogP contribution is -2.41. The van der Waals surface area contributed by atoms with Crippen LogP contribution >= 0.6 is 0 Å². The fourth-order valence-electron chi connectivity index (χ4n) is 4.94. The van der Waals surface area contributed by atoms with Gasteiger partial charge in [-0.1, -0.05) is 66.8 Å². The Hall–Kier alpha value is -3.67. The van der Waals surface area contributed by atoms with Crippen molar-refractivity contribution in [2.45, 2.75) is 24.3 Å². The minimum absolute atomic E-state index is 0.0105. The van der Waals surface area contributed by atoms with Gasteiger partial charge in [-0.3, -0.25) is 4.79 Å². The van der Waals surface area contributed by atoms with Gasteiger partial charge in [0.05, 0.1) is 0 Å². The lowest BCUT2D eigenvalue weighted by Gasteiger charge is -2.23. The average molecular weight is 430 g/mol. The monoisotopic (exact) mass is 430 g/mol. The Kier molecular flexibility index (Phi) is 5.35. The number of nitrogens with one attached hydrogen (secondary N) is 2. The number of halogens is 1. The van der Waals surface area contributed by atoms with Crippen LogP contribution in [0.2, 0.25) is 0 Å². The number of aromatic amines is 1. The first kappa shape index (κ1) is 20.2. The highest BCUT2D eigenvalue weighted by atomic mass is 19.1. The van der Waals surface area contributed by atoms with E-state index in [0.29, 0.717) is 0 Å². The maximum absolute atomic E-state index is 13.7. The normalized spacial score (nSPS) is 21.7. The zero-order chi connectivity index (χ0) is 22.1. The Labute approximate surface area is 185 Å². The summed E-state index contributed by atoms with van der Waals surface area (Å²) < 4.78 is 19.2. The molecule has 0 radical (unpaired) electrons. The molecule has 6 heteroatoms. The number of benzene rings is 2. The van der Waals surface area contributed by atoms with Gasteiger partial charge >= 0.3 is 12.1 Å². The first-order chi connectivity index (χ1) is 15.6. The lowest BCUT2D eigenvalue weighted by molar-refractivity contribution is -0.131. The third-order valence-corrected chi connectivity index (χ3v) is 6.46. The largest absolute Gasteiger partial charge is 0.449 e. The van der Waals surface area contributed by atoms with Gasteiger partial charge in [-0.2, -0.15) is 4.39 Å². The Morgan fingerprint density at radius 1 is 1.03 bits per heavy atom. The summed E-state index contributed by atoms with van der Waals surface area (Å²) in [6, 6.07) is 12.8. The average Bonchev–Trinajstić information content (AvgIpc) is 3.36. The first-order valence-electron chi connectivity index (χ1n) is 10.7. The Morgan fingerprint density at radius 3 is 2.62 bits per heavy atom. The van der Waals surface area contributed by atoms with Crippen LogP contribution in [0, 0.1) is 5.92 Å². The van der Waals surface area contributed by atoms with Gasteiger partial charge < -0.3 is 15.0 Å². The molecule has 5 rings (SSSR count). The van der Waals surface area contributed by atoms with E-state index in [9.17, 15) is 14.0 Å². The molecule has 0 bridgehead atoms. The molecule has 0 spiro atoms. The quantitative estimate of drug-likeness (QED) is 0.545. The van der Waals surface area contributed by atoms with E-state index >= 15 is 0 Å². The number of aromatic nitrogens is 1. The van der Waals surface area contributed by atoms with Gasteiger partial charge in [-0.15, -0.1) is 0 Å². The molecule has 3 unspecified atom stereocenters. The summed E-state index contributed by atoms with van der Waals surface area (Å²) in [5.74, 6) is 0.473. The van der Waals surface area contributed by atoms with Crippen LogP contribution in [0.5, 0.6) is 0 Å². The van der Waals surface area contributed by atoms with Crippen LogP contribution in [-0.4, -0.2) is 29.8 Å². The highest BCUT2D eigenvalue weighted by molar-refractivity contribution is 5.85. The predicted molar refractivity (Wildman–Crippen MR) is 120 cm³/mol. The molecule has 0 aliphatic heterocycles. The first-order valence-corrected chi connectivity index (χ1v) is 10.7. The van der Waals surface area contributed by atoms with E-state index < -0.39 is 18.2 Å². The van der Waals surface area contributed by atoms with Crippen molar-refractivity contribution in [2.75, 3.05) is 6.61 Å². The summed E-state index contributed by atoms with van der Waals surface area (Å²) in [4.78, 5) is 27.2. The van der Waals surface area contributed by atoms with E-state index in [1.807, 2.05) is 48.6 Å². The third-order valence-electron chi connectivity index (χ3n) is 6.46. The molecule has 2 N–H and O–H groups in total. The molecule has 0 saturated carbocycles. The molecule has 4 atom stereocenters. The number of alkyl carbamates (subject to hydrolysis) is 1. The standard InChI is InChI=1S/C26H23FN2O3/c27-25(30)24(13-16-14-28-23-12-6-5-7-17(16)23)29-26(31)32-15-22-20-10-3-1-8-18(20)19-9-2-4-11-21(19)22/h1-12,14,18,20,22,24,28H,13,15H2,(H,29,31)/t18?,20?,22?,24-/m0/s1. The number of H-pyrrole nitrogens is 1. The van der Waals surface area contributed by atoms with Crippen molar-refractivity contribution >= 4 is 23.0 Å². The number of carbonyl (C=O) groups excluding carboxylic acids is 2. The molecule has 0 fully saturated rings. The van der Waals surface area contributed by atoms with Crippen LogP contribution in [0.4, 0.5) is 9.18 Å². The third kappa shape index (κ3) is 3.73. The number of rotatable bonds is 6. The van der Waals surface area contributed by atoms with Crippen LogP contribution in [0.25, 0.3) is 10.9 Å². The van der Waals surface area contributed by atoms with Crippen LogP contribution in [0.3, 0.4) is 0 Å². The van der Waals surface area contributed by atoms with E-state index in [4.69, 9.17) is 4.74 Å². The van der Waals surface area contributed by atoms with Crippen LogP contribution in [0.1, 0.15) is 28.5 Å². The topological polar surface area (TPSA) is 71.2 Å². The maximum atomic E-state index is 13.7. The molecule has 2 aliphatic carbocycles. The van der Waals surface area contributed by atoms with E-state index in [2.05, 4.69) is 34.6 Å². The summed E-state index contributed by atoms with van der Waals surface area (Å²) in [6.45, 7) is 0.155. The minimum Gasteiger partial charge on any atom is -0.449 e. The molecular weight excluding hydrogens is 407 g/mol. The molecule has 0 saturated heterocycles. The molecule has 2 aliphatic rings. The summed E-state index contributed by atoms with van der Waals surface area (Å²) in [5, 5.41) is 3.30. The second kappa shape index (κ2) is 8.46. The SMILES string of the molecule is O=C(N[C@@H](Cc1c[nH]c2ccccc12)C(=O)F)OCC1c2ccccc2C2C=CC=CC21. The number of ether oxygens (including phenoxy) is 1. The molecule has 1 heterocycles. The summed E-state index contributed by atoms with van der Waals surface area (Å²) in [5.41, 5.74) is 4.04. The Bertz CT molecular complexity index is 1230. The van der Waals surface area contributed by atoms with Crippen LogP contribution in [0.15, 0.2) is 79.0 Å². The summed E-state index contributed by atoms with van der Waals surface area (Å²) >= 11 is 0. The smallest absolute Gasteiger partial charge is 0.407 e. The highest BCUT2D eigenvalue weighted by Crippen LogP contribution is 2.49. The molecular formula is C26H23FN2O3. The van der Waals surface area contributed by atoms with Gasteiger partial charge in [0.15, 0.2) is 0 Å². The van der Waals surface area contributed by atoms with E-state index in [0.717, 1.165) is 22.0 Å². The van der Waals surface area contributed by atoms with E-state index in [1.54, 1.807) is 6.20 Å². The van der Waals surface area contributed by atoms with Gasteiger partial charge in [-0.05, 0) is 28.7 Å². The van der Waals surface area contributed by atoms with Crippen molar-refractivity contribution < 1.29 is 18.7 Å². The van der Waals surface area contributed by atoms with Gasteiger partial charge in [0.25, 0.3) is 0 Å².